The molecule has 2 aromatic rings. The molecule has 5 heteroatoms. The lowest BCUT2D eigenvalue weighted by atomic mass is 10.0. The van der Waals surface area contributed by atoms with Crippen molar-refractivity contribution >= 4 is 11.9 Å². The summed E-state index contributed by atoms with van der Waals surface area (Å²) in [6.45, 7) is 3.79. The molecule has 1 atom stereocenters. The highest BCUT2D eigenvalue weighted by atomic mass is 16.5. The van der Waals surface area contributed by atoms with Gasteiger partial charge in [0.1, 0.15) is 5.75 Å². The molecule has 2 aromatic carbocycles. The highest BCUT2D eigenvalue weighted by Gasteiger charge is 2.22. The first kappa shape index (κ1) is 17.5. The first-order chi connectivity index (χ1) is 11.4. The van der Waals surface area contributed by atoms with E-state index in [0.29, 0.717) is 11.3 Å². The van der Waals surface area contributed by atoms with Gasteiger partial charge >= 0.3 is 5.97 Å². The van der Waals surface area contributed by atoms with Gasteiger partial charge in [0.05, 0.1) is 13.5 Å². The lowest BCUT2D eigenvalue weighted by Crippen LogP contribution is -2.34. The third-order valence-electron chi connectivity index (χ3n) is 3.65. The normalized spacial score (nSPS) is 11.6. The molecule has 126 valence electrons. The van der Waals surface area contributed by atoms with Crippen LogP contribution < -0.4 is 10.1 Å². The number of hydrogen-bond donors (Lipinski definition) is 2. The van der Waals surface area contributed by atoms with Crippen molar-refractivity contribution in [1.29, 1.82) is 0 Å². The third kappa shape index (κ3) is 4.59. The minimum Gasteiger partial charge on any atom is -0.497 e. The quantitative estimate of drug-likeness (QED) is 0.855. The number of nitrogens with one attached hydrogen (secondary N) is 1. The fraction of sp³-hybridized carbons (Fsp3) is 0.263. The SMILES string of the molecule is COc1ccc(CC(=O)NC(C(=O)O)c2cc(C)cc(C)c2)cc1. The van der Waals surface area contributed by atoms with Gasteiger partial charge in [-0.05, 0) is 37.1 Å². The number of rotatable bonds is 6. The molecule has 0 saturated carbocycles. The highest BCUT2D eigenvalue weighted by molar-refractivity contribution is 5.85. The molecule has 0 spiro atoms. The topological polar surface area (TPSA) is 75.6 Å². The maximum atomic E-state index is 12.2. The molecule has 2 N–H and O–H groups in total. The van der Waals surface area contributed by atoms with Gasteiger partial charge in [-0.3, -0.25) is 4.79 Å². The molecule has 0 aliphatic carbocycles. The summed E-state index contributed by atoms with van der Waals surface area (Å²) >= 11 is 0. The van der Waals surface area contributed by atoms with Crippen molar-refractivity contribution in [3.63, 3.8) is 0 Å². The number of amides is 1. The van der Waals surface area contributed by atoms with Crippen molar-refractivity contribution in [2.45, 2.75) is 26.3 Å². The van der Waals surface area contributed by atoms with E-state index in [-0.39, 0.29) is 12.3 Å². The first-order valence-electron chi connectivity index (χ1n) is 7.62. The van der Waals surface area contributed by atoms with Crippen LogP contribution in [0.2, 0.25) is 0 Å². The monoisotopic (exact) mass is 327 g/mol. The van der Waals surface area contributed by atoms with E-state index in [1.54, 1.807) is 43.5 Å². The molecule has 24 heavy (non-hydrogen) atoms. The van der Waals surface area contributed by atoms with E-state index in [9.17, 15) is 14.7 Å². The number of aryl methyl sites for hydroxylation is 2. The van der Waals surface area contributed by atoms with Gasteiger partial charge in [0, 0.05) is 0 Å². The smallest absolute Gasteiger partial charge is 0.330 e. The second-order valence-electron chi connectivity index (χ2n) is 5.78. The number of carbonyl (C=O) groups excluding carboxylic acids is 1. The predicted molar refractivity (Wildman–Crippen MR) is 91.1 cm³/mol. The largest absolute Gasteiger partial charge is 0.497 e. The van der Waals surface area contributed by atoms with E-state index in [0.717, 1.165) is 16.7 Å². The van der Waals surface area contributed by atoms with Crippen LogP contribution in [0.3, 0.4) is 0 Å². The molecule has 0 bridgehead atoms. The van der Waals surface area contributed by atoms with E-state index in [1.165, 1.54) is 0 Å². The number of methoxy groups -OCH3 is 1. The second kappa shape index (κ2) is 7.64. The van der Waals surface area contributed by atoms with Crippen LogP contribution in [0, 0.1) is 13.8 Å². The van der Waals surface area contributed by atoms with E-state index in [4.69, 9.17) is 4.74 Å². The van der Waals surface area contributed by atoms with Gasteiger partial charge in [0.15, 0.2) is 6.04 Å². The van der Waals surface area contributed by atoms with Crippen molar-refractivity contribution in [3.05, 3.63) is 64.7 Å². The Hall–Kier alpha value is -2.82. The van der Waals surface area contributed by atoms with Gasteiger partial charge in [-0.1, -0.05) is 41.5 Å². The summed E-state index contributed by atoms with van der Waals surface area (Å²) in [5.74, 6) is -0.715. The molecule has 0 heterocycles. The Kier molecular flexibility index (Phi) is 5.58. The Bertz CT molecular complexity index is 717. The summed E-state index contributed by atoms with van der Waals surface area (Å²) in [7, 11) is 1.57. The third-order valence-corrected chi connectivity index (χ3v) is 3.65. The molecule has 0 radical (unpaired) electrons. The van der Waals surface area contributed by atoms with E-state index >= 15 is 0 Å². The van der Waals surface area contributed by atoms with Gasteiger partial charge in [-0.15, -0.1) is 0 Å². The zero-order chi connectivity index (χ0) is 17.7. The van der Waals surface area contributed by atoms with E-state index in [1.807, 2.05) is 19.9 Å². The second-order valence-corrected chi connectivity index (χ2v) is 5.78. The average Bonchev–Trinajstić information content (AvgIpc) is 2.52. The fourth-order valence-corrected chi connectivity index (χ4v) is 2.61. The zero-order valence-electron chi connectivity index (χ0n) is 14.0. The number of benzene rings is 2. The zero-order valence-corrected chi connectivity index (χ0v) is 14.0. The molecule has 5 nitrogen and oxygen atoms in total. The molecular weight excluding hydrogens is 306 g/mol. The van der Waals surface area contributed by atoms with Gasteiger partial charge in [-0.25, -0.2) is 4.79 Å². The van der Waals surface area contributed by atoms with Crippen LogP contribution in [-0.2, 0) is 16.0 Å². The fourth-order valence-electron chi connectivity index (χ4n) is 2.61. The van der Waals surface area contributed by atoms with Crippen molar-refractivity contribution in [1.82, 2.24) is 5.32 Å². The van der Waals surface area contributed by atoms with Gasteiger partial charge in [0.2, 0.25) is 5.91 Å². The Morgan fingerprint density at radius 1 is 1.08 bits per heavy atom. The summed E-state index contributed by atoms with van der Waals surface area (Å²) in [4.78, 5) is 23.8. The van der Waals surface area contributed by atoms with Crippen LogP contribution in [0.5, 0.6) is 5.75 Å². The van der Waals surface area contributed by atoms with Crippen molar-refractivity contribution in [2.24, 2.45) is 0 Å². The lowest BCUT2D eigenvalue weighted by molar-refractivity contribution is -0.141. The number of aliphatic carboxylic acids is 1. The highest BCUT2D eigenvalue weighted by Crippen LogP contribution is 2.18. The van der Waals surface area contributed by atoms with Crippen molar-refractivity contribution in [3.8, 4) is 5.75 Å². The number of hydrogen-bond acceptors (Lipinski definition) is 3. The Labute approximate surface area is 141 Å². The number of ether oxygens (including phenoxy) is 1. The van der Waals surface area contributed by atoms with E-state index < -0.39 is 12.0 Å². The molecule has 1 amide bonds. The number of carboxylic acid groups (broad SMARTS) is 1. The summed E-state index contributed by atoms with van der Waals surface area (Å²) in [6, 6.07) is 11.5. The molecule has 2 rings (SSSR count). The van der Waals surface area contributed by atoms with Gasteiger partial charge in [-0.2, -0.15) is 0 Å². The van der Waals surface area contributed by atoms with Crippen LogP contribution in [0.25, 0.3) is 0 Å². The summed E-state index contributed by atoms with van der Waals surface area (Å²) in [5, 5.41) is 12.1. The minimum absolute atomic E-state index is 0.110. The van der Waals surface area contributed by atoms with E-state index in [2.05, 4.69) is 5.32 Å². The van der Waals surface area contributed by atoms with Gasteiger partial charge < -0.3 is 15.2 Å². The molecule has 0 saturated heterocycles. The maximum absolute atomic E-state index is 12.2. The standard InChI is InChI=1S/C19H21NO4/c1-12-8-13(2)10-15(9-12)18(19(22)23)20-17(21)11-14-4-6-16(24-3)7-5-14/h4-10,18H,11H2,1-3H3,(H,20,21)(H,22,23). The average molecular weight is 327 g/mol. The van der Waals surface area contributed by atoms with Crippen LogP contribution in [0.1, 0.15) is 28.3 Å². The molecule has 0 aliphatic rings. The predicted octanol–water partition coefficient (Wildman–Crippen LogP) is 2.80. The molecule has 0 aliphatic heterocycles. The first-order valence-corrected chi connectivity index (χ1v) is 7.62. The number of carboxylic acids is 1. The molecule has 1 unspecified atom stereocenters. The molecular formula is C19H21NO4. The summed E-state index contributed by atoms with van der Waals surface area (Å²) < 4.78 is 5.07. The Morgan fingerprint density at radius 3 is 2.17 bits per heavy atom. The maximum Gasteiger partial charge on any atom is 0.330 e. The Balaban J connectivity index is 2.11. The molecule has 0 aromatic heterocycles. The molecule has 0 fully saturated rings. The minimum atomic E-state index is -1.08. The van der Waals surface area contributed by atoms with Crippen molar-refractivity contribution < 1.29 is 19.4 Å². The van der Waals surface area contributed by atoms with Crippen LogP contribution in [0.4, 0.5) is 0 Å². The van der Waals surface area contributed by atoms with Crippen LogP contribution in [0.15, 0.2) is 42.5 Å². The summed E-state index contributed by atoms with van der Waals surface area (Å²) in [5.41, 5.74) is 3.28. The Morgan fingerprint density at radius 2 is 1.67 bits per heavy atom. The van der Waals surface area contributed by atoms with Gasteiger partial charge in [0.25, 0.3) is 0 Å². The van der Waals surface area contributed by atoms with Crippen molar-refractivity contribution in [2.75, 3.05) is 7.11 Å². The van der Waals surface area contributed by atoms with Crippen LogP contribution in [-0.4, -0.2) is 24.1 Å². The number of carbonyl (C=O) groups is 2. The lowest BCUT2D eigenvalue weighted by Gasteiger charge is -2.16. The van der Waals surface area contributed by atoms with Crippen LogP contribution >= 0.6 is 0 Å². The summed E-state index contributed by atoms with van der Waals surface area (Å²) in [6.07, 6.45) is 0.110.